The van der Waals surface area contributed by atoms with Crippen LogP contribution in [0.2, 0.25) is 0 Å². The number of benzene rings is 5. The number of ether oxygens (including phenoxy) is 1. The van der Waals surface area contributed by atoms with Gasteiger partial charge < -0.3 is 20.3 Å². The number of hydrogen-bond acceptors (Lipinski definition) is 8. The molecule has 0 aliphatic carbocycles. The van der Waals surface area contributed by atoms with E-state index in [1.54, 1.807) is 0 Å². The lowest BCUT2D eigenvalue weighted by Crippen LogP contribution is -2.41. The molecule has 6 aromatic rings. The number of aliphatic carboxylic acids is 2. The van der Waals surface area contributed by atoms with E-state index in [1.807, 2.05) is 48.9 Å². The number of nitrogens with zero attached hydrogens (tertiary/aromatic N) is 4. The molecule has 1 aromatic heterocycles. The zero-order chi connectivity index (χ0) is 37.1. The van der Waals surface area contributed by atoms with E-state index < -0.39 is 17.5 Å². The van der Waals surface area contributed by atoms with Crippen LogP contribution in [0.4, 0.5) is 0 Å². The summed E-state index contributed by atoms with van der Waals surface area (Å²) < 4.78 is 6.95. The molecule has 0 fully saturated rings. The summed E-state index contributed by atoms with van der Waals surface area (Å²) in [5, 5.41) is 31.8. The van der Waals surface area contributed by atoms with Crippen LogP contribution in [0, 0.1) is 5.92 Å². The summed E-state index contributed by atoms with van der Waals surface area (Å²) in [5.41, 5.74) is 6.30. The second-order valence-corrected chi connectivity index (χ2v) is 12.2. The maximum Gasteiger partial charge on any atom is 0.414 e. The smallest absolute Gasteiger partial charge is 0.414 e. The first-order valence-electron chi connectivity index (χ1n) is 16.6. The predicted octanol–water partition coefficient (Wildman–Crippen LogP) is 6.29. The van der Waals surface area contributed by atoms with Crippen molar-refractivity contribution in [1.82, 2.24) is 25.5 Å². The molecule has 11 nitrogen and oxygen atoms in total. The number of esters is 1. The number of methoxy groups -OCH3 is 1. The van der Waals surface area contributed by atoms with Crippen LogP contribution in [0.1, 0.15) is 36.1 Å². The second kappa shape index (κ2) is 17.0. The highest BCUT2D eigenvalue weighted by Gasteiger charge is 2.42. The number of carbonyl (C=O) groups excluding carboxylic acids is 1. The lowest BCUT2D eigenvalue weighted by molar-refractivity contribution is -0.159. The van der Waals surface area contributed by atoms with Gasteiger partial charge in [0.05, 0.1) is 7.11 Å². The minimum atomic E-state index is -1.82. The second-order valence-electron chi connectivity index (χ2n) is 12.2. The Morgan fingerprint density at radius 2 is 1.15 bits per heavy atom. The van der Waals surface area contributed by atoms with E-state index in [-0.39, 0.29) is 17.9 Å². The van der Waals surface area contributed by atoms with E-state index in [1.165, 1.54) is 7.11 Å². The summed E-state index contributed by atoms with van der Waals surface area (Å²) in [4.78, 5) is 30.4. The Bertz CT molecular complexity index is 1980. The van der Waals surface area contributed by atoms with Crippen molar-refractivity contribution < 1.29 is 29.3 Å². The van der Waals surface area contributed by atoms with Crippen molar-refractivity contribution in [3.63, 3.8) is 0 Å². The summed E-state index contributed by atoms with van der Waals surface area (Å²) >= 11 is 0. The van der Waals surface area contributed by atoms with Gasteiger partial charge in [-0.25, -0.2) is 14.3 Å². The third-order valence-corrected chi connectivity index (χ3v) is 8.63. The molecule has 1 atom stereocenters. The van der Waals surface area contributed by atoms with Gasteiger partial charge in [0, 0.05) is 12.1 Å². The number of aromatic nitrogens is 4. The quantitative estimate of drug-likeness (QED) is 0.0799. The Balaban J connectivity index is 0.000000803. The van der Waals surface area contributed by atoms with Crippen molar-refractivity contribution in [3.8, 4) is 22.5 Å². The molecule has 11 heteroatoms. The lowest BCUT2D eigenvalue weighted by Gasteiger charge is -2.36. The van der Waals surface area contributed by atoms with Crippen LogP contribution in [0.15, 0.2) is 140 Å². The third kappa shape index (κ3) is 7.95. The van der Waals surface area contributed by atoms with Crippen LogP contribution in [-0.2, 0) is 31.2 Å². The fourth-order valence-corrected chi connectivity index (χ4v) is 6.16. The lowest BCUT2D eigenvalue weighted by atomic mass is 9.77. The maximum atomic E-state index is 12.2. The molecule has 0 radical (unpaired) electrons. The van der Waals surface area contributed by atoms with Crippen LogP contribution < -0.4 is 5.32 Å². The third-order valence-electron chi connectivity index (χ3n) is 8.63. The molecule has 264 valence electrons. The van der Waals surface area contributed by atoms with Crippen molar-refractivity contribution in [2.24, 2.45) is 5.92 Å². The van der Waals surface area contributed by atoms with Gasteiger partial charge in [-0.1, -0.05) is 153 Å². The fourth-order valence-electron chi connectivity index (χ4n) is 6.16. The van der Waals surface area contributed by atoms with Crippen LogP contribution in [0.3, 0.4) is 0 Å². The van der Waals surface area contributed by atoms with E-state index in [0.29, 0.717) is 12.4 Å². The zero-order valence-corrected chi connectivity index (χ0v) is 29.0. The standard InChI is InChI=1S/C39H37N5O2.C2H2O4/c1-28(2)36(38(45)46-3)40-27-29-23-25-30(26-24-29)34-21-13-14-22-35(34)37-41-42-43-44(37)39(31-15-7-4-8-16-31,32-17-9-5-10-18-32)33-19-11-6-12-20-33;3-1(4)2(5)6/h4-26,28,36,40H,27H2,1-3H3;(H,3,4)(H,5,6). The van der Waals surface area contributed by atoms with E-state index in [2.05, 4.69) is 125 Å². The number of tetrazole rings is 1. The molecule has 3 N–H and O–H groups in total. The first kappa shape index (κ1) is 36.8. The average molecular weight is 698 g/mol. The van der Waals surface area contributed by atoms with Gasteiger partial charge in [-0.2, -0.15) is 0 Å². The Hall–Kier alpha value is -6.46. The van der Waals surface area contributed by atoms with Crippen molar-refractivity contribution in [3.05, 3.63) is 162 Å². The summed E-state index contributed by atoms with van der Waals surface area (Å²) in [6, 6.07) is 47.4. The molecular formula is C41H39N5O6. The number of carbonyl (C=O) groups is 3. The molecule has 5 aromatic carbocycles. The largest absolute Gasteiger partial charge is 0.473 e. The number of nitrogens with one attached hydrogen (secondary N) is 1. The van der Waals surface area contributed by atoms with Gasteiger partial charge in [0.25, 0.3) is 0 Å². The average Bonchev–Trinajstić information content (AvgIpc) is 3.67. The molecule has 0 amide bonds. The molecule has 0 spiro atoms. The molecule has 0 bridgehead atoms. The van der Waals surface area contributed by atoms with Gasteiger partial charge in [0.1, 0.15) is 11.6 Å². The van der Waals surface area contributed by atoms with E-state index in [4.69, 9.17) is 29.8 Å². The van der Waals surface area contributed by atoms with Gasteiger partial charge >= 0.3 is 17.9 Å². The highest BCUT2D eigenvalue weighted by molar-refractivity contribution is 6.27. The first-order valence-corrected chi connectivity index (χ1v) is 16.6. The normalized spacial score (nSPS) is 11.6. The van der Waals surface area contributed by atoms with Crippen molar-refractivity contribution in [2.45, 2.75) is 32.0 Å². The molecule has 52 heavy (non-hydrogen) atoms. The minimum absolute atomic E-state index is 0.110. The van der Waals surface area contributed by atoms with Crippen LogP contribution in [0.5, 0.6) is 0 Å². The van der Waals surface area contributed by atoms with Gasteiger partial charge in [-0.3, -0.25) is 4.79 Å². The highest BCUT2D eigenvalue weighted by Crippen LogP contribution is 2.43. The number of carboxylic acids is 2. The maximum absolute atomic E-state index is 12.2. The number of carboxylic acid groups (broad SMARTS) is 2. The summed E-state index contributed by atoms with van der Waals surface area (Å²) in [7, 11) is 1.42. The molecule has 0 aliphatic heterocycles. The fraction of sp³-hybridized carbons (Fsp3) is 0.171. The molecule has 0 saturated heterocycles. The van der Waals surface area contributed by atoms with Crippen molar-refractivity contribution in [1.29, 1.82) is 0 Å². The molecule has 0 aliphatic rings. The molecule has 6 rings (SSSR count). The molecular weight excluding hydrogens is 658 g/mol. The summed E-state index contributed by atoms with van der Waals surface area (Å²) in [5.74, 6) is -3.14. The SMILES string of the molecule is COC(=O)C(NCc1ccc(-c2ccccc2-c2nnnn2C(c2ccccc2)(c2ccccc2)c2ccccc2)cc1)C(C)C.O=C(O)C(=O)O. The van der Waals surface area contributed by atoms with Gasteiger partial charge in [-0.05, 0) is 49.7 Å². The first-order chi connectivity index (χ1) is 25.2. The topological polar surface area (TPSA) is 157 Å². The molecule has 1 unspecified atom stereocenters. The van der Waals surface area contributed by atoms with Crippen LogP contribution in [-0.4, -0.2) is 61.5 Å². The van der Waals surface area contributed by atoms with Gasteiger partial charge in [0.15, 0.2) is 5.82 Å². The van der Waals surface area contributed by atoms with Gasteiger partial charge in [0.2, 0.25) is 0 Å². The van der Waals surface area contributed by atoms with E-state index in [9.17, 15) is 4.79 Å². The molecule has 0 saturated carbocycles. The zero-order valence-electron chi connectivity index (χ0n) is 29.0. The monoisotopic (exact) mass is 697 g/mol. The van der Waals surface area contributed by atoms with Crippen LogP contribution >= 0.6 is 0 Å². The summed E-state index contributed by atoms with van der Waals surface area (Å²) in [6.07, 6.45) is 0. The van der Waals surface area contributed by atoms with Gasteiger partial charge in [-0.15, -0.1) is 5.10 Å². The highest BCUT2D eigenvalue weighted by atomic mass is 16.5. The Morgan fingerprint density at radius 1 is 0.692 bits per heavy atom. The van der Waals surface area contributed by atoms with E-state index in [0.717, 1.165) is 38.9 Å². The van der Waals surface area contributed by atoms with Crippen LogP contribution in [0.25, 0.3) is 22.5 Å². The minimum Gasteiger partial charge on any atom is -0.473 e. The van der Waals surface area contributed by atoms with Crippen molar-refractivity contribution >= 4 is 17.9 Å². The van der Waals surface area contributed by atoms with Crippen molar-refractivity contribution in [2.75, 3.05) is 7.11 Å². The Labute approximate surface area is 301 Å². The molecule has 1 heterocycles. The predicted molar refractivity (Wildman–Crippen MR) is 196 cm³/mol. The number of hydrogen-bond donors (Lipinski definition) is 3. The van der Waals surface area contributed by atoms with E-state index >= 15 is 0 Å². The Kier molecular flexibility index (Phi) is 12.0. The Morgan fingerprint density at radius 3 is 1.60 bits per heavy atom. The summed E-state index contributed by atoms with van der Waals surface area (Å²) in [6.45, 7) is 4.56. The number of rotatable bonds is 11.